The maximum Gasteiger partial charge on any atom is 0.119 e. The molecule has 0 bridgehead atoms. The van der Waals surface area contributed by atoms with Crippen LogP contribution in [0.15, 0.2) is 24.3 Å². The number of ether oxygens (including phenoxy) is 1. The standard InChI is InChI=1S/C16H26N2O/c1-14-6-5-7-15(12-14)19-11-9-16(13-17)8-3-4-10-18(16)2/h5-7,12H,3-4,8-11,13,17H2,1-2H3. The molecule has 2 N–H and O–H groups in total. The lowest BCUT2D eigenvalue weighted by atomic mass is 9.84. The molecule has 1 saturated heterocycles. The highest BCUT2D eigenvalue weighted by molar-refractivity contribution is 5.27. The summed E-state index contributed by atoms with van der Waals surface area (Å²) in [7, 11) is 2.19. The van der Waals surface area contributed by atoms with Crippen LogP contribution in [-0.4, -0.2) is 37.2 Å². The second kappa shape index (κ2) is 6.40. The number of likely N-dealkylation sites (tertiary alicyclic amines) is 1. The number of nitrogens with two attached hydrogens (primary N) is 1. The zero-order valence-electron chi connectivity index (χ0n) is 12.2. The van der Waals surface area contributed by atoms with Crippen molar-refractivity contribution in [1.82, 2.24) is 4.90 Å². The molecule has 0 radical (unpaired) electrons. The van der Waals surface area contributed by atoms with Gasteiger partial charge >= 0.3 is 0 Å². The molecule has 0 aromatic heterocycles. The number of likely N-dealkylation sites (N-methyl/N-ethyl adjacent to an activating group) is 1. The maximum absolute atomic E-state index is 6.04. The Morgan fingerprint density at radius 2 is 2.21 bits per heavy atom. The van der Waals surface area contributed by atoms with Crippen LogP contribution in [0.1, 0.15) is 31.2 Å². The zero-order chi connectivity index (χ0) is 13.7. The quantitative estimate of drug-likeness (QED) is 0.886. The predicted octanol–water partition coefficient (Wildman–Crippen LogP) is 2.58. The van der Waals surface area contributed by atoms with Gasteiger partial charge in [-0.1, -0.05) is 18.6 Å². The van der Waals surface area contributed by atoms with Crippen LogP contribution in [0.2, 0.25) is 0 Å². The molecule has 0 spiro atoms. The molecular formula is C16H26N2O. The fourth-order valence-corrected chi connectivity index (χ4v) is 2.97. The van der Waals surface area contributed by atoms with Crippen LogP contribution in [-0.2, 0) is 0 Å². The van der Waals surface area contributed by atoms with Crippen LogP contribution in [0.4, 0.5) is 0 Å². The summed E-state index contributed by atoms with van der Waals surface area (Å²) in [6.07, 6.45) is 4.77. The molecule has 3 heteroatoms. The largest absolute Gasteiger partial charge is 0.494 e. The van der Waals surface area contributed by atoms with E-state index >= 15 is 0 Å². The van der Waals surface area contributed by atoms with Gasteiger partial charge in [-0.2, -0.15) is 0 Å². The molecule has 0 amide bonds. The first-order chi connectivity index (χ1) is 9.16. The lowest BCUT2D eigenvalue weighted by molar-refractivity contribution is 0.0579. The van der Waals surface area contributed by atoms with Crippen LogP contribution in [0.3, 0.4) is 0 Å². The molecule has 1 aliphatic heterocycles. The molecule has 1 aliphatic rings. The zero-order valence-corrected chi connectivity index (χ0v) is 12.2. The summed E-state index contributed by atoms with van der Waals surface area (Å²) in [5.74, 6) is 0.964. The highest BCUT2D eigenvalue weighted by Gasteiger charge is 2.34. The van der Waals surface area contributed by atoms with E-state index in [1.54, 1.807) is 0 Å². The van der Waals surface area contributed by atoms with Gasteiger partial charge in [0.1, 0.15) is 5.75 Å². The minimum Gasteiger partial charge on any atom is -0.494 e. The number of aryl methyl sites for hydroxylation is 1. The van der Waals surface area contributed by atoms with Gasteiger partial charge in [-0.3, -0.25) is 4.90 Å². The van der Waals surface area contributed by atoms with Crippen molar-refractivity contribution in [2.75, 3.05) is 26.7 Å². The van der Waals surface area contributed by atoms with Gasteiger partial charge in [0.2, 0.25) is 0 Å². The summed E-state index contributed by atoms with van der Waals surface area (Å²) in [5, 5.41) is 0. The van der Waals surface area contributed by atoms with Crippen LogP contribution in [0.5, 0.6) is 5.75 Å². The summed E-state index contributed by atoms with van der Waals surface area (Å²) >= 11 is 0. The number of piperidine rings is 1. The van der Waals surface area contributed by atoms with Crippen molar-refractivity contribution in [3.8, 4) is 5.75 Å². The highest BCUT2D eigenvalue weighted by Crippen LogP contribution is 2.29. The van der Waals surface area contributed by atoms with E-state index in [1.807, 2.05) is 12.1 Å². The van der Waals surface area contributed by atoms with Crippen molar-refractivity contribution in [2.45, 2.75) is 38.1 Å². The first-order valence-corrected chi connectivity index (χ1v) is 7.27. The summed E-state index contributed by atoms with van der Waals surface area (Å²) in [6.45, 7) is 4.70. The van der Waals surface area contributed by atoms with Crippen molar-refractivity contribution in [3.63, 3.8) is 0 Å². The van der Waals surface area contributed by atoms with E-state index in [2.05, 4.69) is 31.0 Å². The van der Waals surface area contributed by atoms with Crippen LogP contribution < -0.4 is 10.5 Å². The average molecular weight is 262 g/mol. The molecule has 0 aliphatic carbocycles. The van der Waals surface area contributed by atoms with Gasteiger partial charge < -0.3 is 10.5 Å². The van der Waals surface area contributed by atoms with E-state index in [0.717, 1.165) is 31.9 Å². The van der Waals surface area contributed by atoms with E-state index < -0.39 is 0 Å². The highest BCUT2D eigenvalue weighted by atomic mass is 16.5. The Hall–Kier alpha value is -1.06. The van der Waals surface area contributed by atoms with E-state index in [9.17, 15) is 0 Å². The Kier molecular flexibility index (Phi) is 4.83. The van der Waals surface area contributed by atoms with Crippen molar-refractivity contribution < 1.29 is 4.74 Å². The van der Waals surface area contributed by atoms with Crippen molar-refractivity contribution in [3.05, 3.63) is 29.8 Å². The summed E-state index contributed by atoms with van der Waals surface area (Å²) < 4.78 is 5.88. The number of hydrogen-bond donors (Lipinski definition) is 1. The van der Waals surface area contributed by atoms with E-state index in [0.29, 0.717) is 0 Å². The predicted molar refractivity (Wildman–Crippen MR) is 79.6 cm³/mol. The first kappa shape index (κ1) is 14.4. The van der Waals surface area contributed by atoms with Crippen molar-refractivity contribution in [1.29, 1.82) is 0 Å². The van der Waals surface area contributed by atoms with E-state index in [-0.39, 0.29) is 5.54 Å². The molecule has 1 unspecified atom stereocenters. The van der Waals surface area contributed by atoms with Gasteiger partial charge in [-0.25, -0.2) is 0 Å². The number of nitrogens with zero attached hydrogens (tertiary/aromatic N) is 1. The normalized spacial score (nSPS) is 24.4. The molecule has 1 fully saturated rings. The average Bonchev–Trinajstić information content (AvgIpc) is 2.41. The Bertz CT molecular complexity index is 407. The van der Waals surface area contributed by atoms with Crippen LogP contribution >= 0.6 is 0 Å². The Balaban J connectivity index is 1.89. The van der Waals surface area contributed by atoms with E-state index in [4.69, 9.17) is 10.5 Å². The monoisotopic (exact) mass is 262 g/mol. The number of hydrogen-bond acceptors (Lipinski definition) is 3. The minimum atomic E-state index is 0.141. The van der Waals surface area contributed by atoms with Crippen LogP contribution in [0, 0.1) is 6.92 Å². The first-order valence-electron chi connectivity index (χ1n) is 7.27. The molecule has 19 heavy (non-hydrogen) atoms. The van der Waals surface area contributed by atoms with Crippen LogP contribution in [0.25, 0.3) is 0 Å². The minimum absolute atomic E-state index is 0.141. The maximum atomic E-state index is 6.04. The SMILES string of the molecule is Cc1cccc(OCCC2(CN)CCCCN2C)c1. The molecule has 1 atom stereocenters. The lowest BCUT2D eigenvalue weighted by Crippen LogP contribution is -2.55. The summed E-state index contributed by atoms with van der Waals surface area (Å²) in [4.78, 5) is 2.43. The fourth-order valence-electron chi connectivity index (χ4n) is 2.97. The Labute approximate surface area is 116 Å². The number of rotatable bonds is 5. The van der Waals surface area contributed by atoms with Gasteiger partial charge in [-0.05, 0) is 51.1 Å². The number of benzene rings is 1. The Morgan fingerprint density at radius 1 is 1.37 bits per heavy atom. The molecule has 3 nitrogen and oxygen atoms in total. The molecule has 0 saturated carbocycles. The molecule has 1 aromatic rings. The Morgan fingerprint density at radius 3 is 2.89 bits per heavy atom. The third kappa shape index (κ3) is 3.48. The van der Waals surface area contributed by atoms with Gasteiger partial charge in [-0.15, -0.1) is 0 Å². The molecule has 2 rings (SSSR count). The lowest BCUT2D eigenvalue weighted by Gasteiger charge is -2.44. The third-order valence-corrected chi connectivity index (χ3v) is 4.40. The summed E-state index contributed by atoms with van der Waals surface area (Å²) in [5.41, 5.74) is 7.41. The van der Waals surface area contributed by atoms with Gasteiger partial charge in [0.25, 0.3) is 0 Å². The molecule has 1 aromatic carbocycles. The third-order valence-electron chi connectivity index (χ3n) is 4.40. The second-order valence-corrected chi connectivity index (χ2v) is 5.72. The van der Waals surface area contributed by atoms with Crippen molar-refractivity contribution >= 4 is 0 Å². The topological polar surface area (TPSA) is 38.5 Å². The van der Waals surface area contributed by atoms with Gasteiger partial charge in [0.15, 0.2) is 0 Å². The van der Waals surface area contributed by atoms with Crippen molar-refractivity contribution in [2.24, 2.45) is 5.73 Å². The van der Waals surface area contributed by atoms with Gasteiger partial charge in [0, 0.05) is 18.5 Å². The smallest absolute Gasteiger partial charge is 0.119 e. The molecule has 106 valence electrons. The molecule has 1 heterocycles. The second-order valence-electron chi connectivity index (χ2n) is 5.72. The summed E-state index contributed by atoms with van der Waals surface area (Å²) in [6, 6.07) is 8.23. The van der Waals surface area contributed by atoms with E-state index in [1.165, 1.54) is 24.8 Å². The molecular weight excluding hydrogens is 236 g/mol. The van der Waals surface area contributed by atoms with Gasteiger partial charge in [0.05, 0.1) is 6.61 Å². The fraction of sp³-hybridized carbons (Fsp3) is 0.625.